The molecule has 2 nitrogen and oxygen atoms in total. The molecule has 2 rings (SSSR count). The molecule has 1 unspecified atom stereocenters. The van der Waals surface area contributed by atoms with Crippen LogP contribution >= 0.6 is 11.6 Å². The normalized spacial score (nSPS) is 12.1. The van der Waals surface area contributed by atoms with E-state index in [0.717, 1.165) is 5.56 Å². The van der Waals surface area contributed by atoms with Crippen molar-refractivity contribution in [1.29, 1.82) is 0 Å². The Morgan fingerprint density at radius 2 is 1.90 bits per heavy atom. The molecule has 0 aromatic heterocycles. The highest BCUT2D eigenvalue weighted by molar-refractivity contribution is 6.30. The zero-order chi connectivity index (χ0) is 15.2. The number of Topliss-reactive ketones (excluding diaryl/α,β-unsaturated/α-hetero) is 1. The third kappa shape index (κ3) is 3.90. The van der Waals surface area contributed by atoms with Crippen LogP contribution in [0.4, 0.5) is 4.39 Å². The second-order valence-corrected chi connectivity index (χ2v) is 5.01. The standard InChI is InChI=1S/C17H16ClFO2/c1-2-21-17(12-7-4-3-5-8-12)15(20)11-13-9-6-10-14(18)16(13)19/h3-10,17H,2,11H2,1H3. The minimum absolute atomic E-state index is 0.0213. The highest BCUT2D eigenvalue weighted by atomic mass is 35.5. The summed E-state index contributed by atoms with van der Waals surface area (Å²) in [6.45, 7) is 2.23. The summed E-state index contributed by atoms with van der Waals surface area (Å²) in [5.74, 6) is -0.736. The van der Waals surface area contributed by atoms with Gasteiger partial charge in [-0.3, -0.25) is 4.79 Å². The molecule has 0 spiro atoms. The highest BCUT2D eigenvalue weighted by Gasteiger charge is 2.22. The first kappa shape index (κ1) is 15.7. The number of hydrogen-bond acceptors (Lipinski definition) is 2. The van der Waals surface area contributed by atoms with Crippen LogP contribution in [0.2, 0.25) is 5.02 Å². The van der Waals surface area contributed by atoms with Gasteiger partial charge >= 0.3 is 0 Å². The van der Waals surface area contributed by atoms with Gasteiger partial charge in [0, 0.05) is 13.0 Å². The third-order valence-electron chi connectivity index (χ3n) is 3.12. The number of carbonyl (C=O) groups excluding carboxylic acids is 1. The van der Waals surface area contributed by atoms with Crippen LogP contribution in [0.25, 0.3) is 0 Å². The summed E-state index contributed by atoms with van der Waals surface area (Å²) in [5, 5.41) is 0.0213. The second-order valence-electron chi connectivity index (χ2n) is 4.60. The number of ether oxygens (including phenoxy) is 1. The molecule has 0 bridgehead atoms. The Labute approximate surface area is 128 Å². The molecule has 0 saturated heterocycles. The molecule has 2 aromatic carbocycles. The van der Waals surface area contributed by atoms with E-state index in [0.29, 0.717) is 6.61 Å². The third-order valence-corrected chi connectivity index (χ3v) is 3.42. The SMILES string of the molecule is CCOC(C(=O)Cc1cccc(Cl)c1F)c1ccccc1. The van der Waals surface area contributed by atoms with Crippen LogP contribution in [0.5, 0.6) is 0 Å². The summed E-state index contributed by atoms with van der Waals surface area (Å²) < 4.78 is 19.4. The number of rotatable bonds is 6. The van der Waals surface area contributed by atoms with Crippen molar-refractivity contribution in [2.24, 2.45) is 0 Å². The average Bonchev–Trinajstić information content (AvgIpc) is 2.50. The quantitative estimate of drug-likeness (QED) is 0.792. The van der Waals surface area contributed by atoms with Crippen molar-refractivity contribution < 1.29 is 13.9 Å². The van der Waals surface area contributed by atoms with Gasteiger partial charge in [0.15, 0.2) is 5.78 Å². The van der Waals surface area contributed by atoms with Gasteiger partial charge in [-0.1, -0.05) is 54.1 Å². The minimum atomic E-state index is -0.686. The summed E-state index contributed by atoms with van der Waals surface area (Å²) in [6.07, 6.45) is -0.735. The lowest BCUT2D eigenvalue weighted by atomic mass is 9.99. The van der Waals surface area contributed by atoms with Crippen LogP contribution < -0.4 is 0 Å². The lowest BCUT2D eigenvalue weighted by Crippen LogP contribution is -2.19. The first-order valence-electron chi connectivity index (χ1n) is 6.75. The maximum Gasteiger partial charge on any atom is 0.170 e. The van der Waals surface area contributed by atoms with Gasteiger partial charge in [0.1, 0.15) is 11.9 Å². The van der Waals surface area contributed by atoms with E-state index in [-0.39, 0.29) is 22.8 Å². The lowest BCUT2D eigenvalue weighted by molar-refractivity contribution is -0.130. The number of carbonyl (C=O) groups is 1. The summed E-state index contributed by atoms with van der Waals surface area (Å²) in [4.78, 5) is 12.4. The average molecular weight is 307 g/mol. The van der Waals surface area contributed by atoms with Gasteiger partial charge in [-0.2, -0.15) is 0 Å². The zero-order valence-electron chi connectivity index (χ0n) is 11.7. The first-order chi connectivity index (χ1) is 10.1. The van der Waals surface area contributed by atoms with E-state index in [1.807, 2.05) is 37.3 Å². The van der Waals surface area contributed by atoms with Gasteiger partial charge in [-0.05, 0) is 24.1 Å². The van der Waals surface area contributed by atoms with Gasteiger partial charge in [-0.25, -0.2) is 4.39 Å². The van der Waals surface area contributed by atoms with Crippen molar-refractivity contribution in [3.8, 4) is 0 Å². The molecule has 0 N–H and O–H groups in total. The molecule has 0 aliphatic carbocycles. The van der Waals surface area contributed by atoms with Crippen molar-refractivity contribution in [3.05, 3.63) is 70.5 Å². The molecule has 110 valence electrons. The Morgan fingerprint density at radius 3 is 2.57 bits per heavy atom. The topological polar surface area (TPSA) is 26.3 Å². The van der Waals surface area contributed by atoms with Crippen LogP contribution in [0.1, 0.15) is 24.2 Å². The fourth-order valence-corrected chi connectivity index (χ4v) is 2.33. The molecule has 0 heterocycles. The lowest BCUT2D eigenvalue weighted by Gasteiger charge is -2.16. The van der Waals surface area contributed by atoms with Crippen molar-refractivity contribution >= 4 is 17.4 Å². The van der Waals surface area contributed by atoms with Gasteiger partial charge in [0.2, 0.25) is 0 Å². The maximum absolute atomic E-state index is 13.9. The number of ketones is 1. The number of hydrogen-bond donors (Lipinski definition) is 0. The smallest absolute Gasteiger partial charge is 0.170 e. The van der Waals surface area contributed by atoms with Crippen LogP contribution in [0.15, 0.2) is 48.5 Å². The zero-order valence-corrected chi connectivity index (χ0v) is 12.4. The predicted octanol–water partition coefficient (Wildman–Crippen LogP) is 4.37. The molecule has 0 fully saturated rings. The van der Waals surface area contributed by atoms with E-state index in [9.17, 15) is 9.18 Å². The van der Waals surface area contributed by atoms with Crippen LogP contribution in [0, 0.1) is 5.82 Å². The van der Waals surface area contributed by atoms with E-state index in [1.165, 1.54) is 6.07 Å². The van der Waals surface area contributed by atoms with Crippen molar-refractivity contribution in [2.45, 2.75) is 19.4 Å². The molecule has 0 saturated carbocycles. The summed E-state index contributed by atoms with van der Waals surface area (Å²) in [5.41, 5.74) is 1.06. The van der Waals surface area contributed by atoms with E-state index in [1.54, 1.807) is 12.1 Å². The summed E-state index contributed by atoms with van der Waals surface area (Å²) >= 11 is 5.74. The van der Waals surface area contributed by atoms with Crippen molar-refractivity contribution in [3.63, 3.8) is 0 Å². The van der Waals surface area contributed by atoms with E-state index >= 15 is 0 Å². The van der Waals surface area contributed by atoms with Crippen LogP contribution in [-0.4, -0.2) is 12.4 Å². The molecule has 0 aliphatic rings. The Hall–Kier alpha value is -1.71. The Bertz CT molecular complexity index is 613. The van der Waals surface area contributed by atoms with Crippen molar-refractivity contribution in [1.82, 2.24) is 0 Å². The van der Waals surface area contributed by atoms with E-state index in [4.69, 9.17) is 16.3 Å². The number of halogens is 2. The Morgan fingerprint density at radius 1 is 1.19 bits per heavy atom. The molecule has 0 radical (unpaired) electrons. The molecule has 0 amide bonds. The highest BCUT2D eigenvalue weighted by Crippen LogP contribution is 2.23. The molecular weight excluding hydrogens is 291 g/mol. The van der Waals surface area contributed by atoms with Crippen LogP contribution in [-0.2, 0) is 16.0 Å². The van der Waals surface area contributed by atoms with Crippen molar-refractivity contribution in [2.75, 3.05) is 6.61 Å². The van der Waals surface area contributed by atoms with E-state index in [2.05, 4.69) is 0 Å². The van der Waals surface area contributed by atoms with Gasteiger partial charge in [0.05, 0.1) is 5.02 Å². The monoisotopic (exact) mass is 306 g/mol. The second kappa shape index (κ2) is 7.34. The van der Waals surface area contributed by atoms with Gasteiger partial charge in [0.25, 0.3) is 0 Å². The van der Waals surface area contributed by atoms with Gasteiger partial charge in [-0.15, -0.1) is 0 Å². The molecule has 0 aliphatic heterocycles. The summed E-state index contributed by atoms with van der Waals surface area (Å²) in [7, 11) is 0. The Kier molecular flexibility index (Phi) is 5.48. The largest absolute Gasteiger partial charge is 0.366 e. The minimum Gasteiger partial charge on any atom is -0.366 e. The molecule has 1 atom stereocenters. The Balaban J connectivity index is 2.21. The maximum atomic E-state index is 13.9. The fourth-order valence-electron chi connectivity index (χ4n) is 2.13. The molecule has 2 aromatic rings. The molecule has 21 heavy (non-hydrogen) atoms. The molecular formula is C17H16ClFO2. The first-order valence-corrected chi connectivity index (χ1v) is 7.13. The number of benzene rings is 2. The predicted molar refractivity (Wildman–Crippen MR) is 80.9 cm³/mol. The summed E-state index contributed by atoms with van der Waals surface area (Å²) in [6, 6.07) is 13.9. The van der Waals surface area contributed by atoms with E-state index < -0.39 is 11.9 Å². The van der Waals surface area contributed by atoms with Gasteiger partial charge < -0.3 is 4.74 Å². The molecule has 4 heteroatoms. The fraction of sp³-hybridized carbons (Fsp3) is 0.235. The van der Waals surface area contributed by atoms with Crippen LogP contribution in [0.3, 0.4) is 0 Å².